The number of nitrogens with zero attached hydrogens (tertiary/aromatic N) is 1. The lowest BCUT2D eigenvalue weighted by molar-refractivity contribution is -0.205. The smallest absolute Gasteiger partial charge is 0.350 e. The maximum atomic E-state index is 13.7. The first-order valence-corrected chi connectivity index (χ1v) is 9.10. The molecule has 1 heterocycles. The highest BCUT2D eigenvalue weighted by atomic mass is 19.4. The Labute approximate surface area is 157 Å². The third kappa shape index (κ3) is 5.00. The number of alkyl halides is 3. The Bertz CT molecular complexity index is 664. The quantitative estimate of drug-likeness (QED) is 0.819. The van der Waals surface area contributed by atoms with E-state index in [1.807, 2.05) is 25.7 Å². The van der Waals surface area contributed by atoms with E-state index < -0.39 is 17.6 Å². The van der Waals surface area contributed by atoms with Crippen LogP contribution in [0.2, 0.25) is 0 Å². The van der Waals surface area contributed by atoms with Crippen molar-refractivity contribution in [2.45, 2.75) is 51.4 Å². The molecule has 5 nitrogen and oxygen atoms in total. The Kier molecular flexibility index (Phi) is 6.51. The molecular formula is C19H26F3N3O2. The molecule has 2 amide bonds. The summed E-state index contributed by atoms with van der Waals surface area (Å²) in [6.45, 7) is 6.79. The standard InChI is InChI=1S/C19H26F3N3O2/c1-4-25-11-9-18(10-12-25,19(20,21)22)24-17(27)15-7-5-14(6-8-15)16(26)23-13(2)3/h5-8,13H,4,9-12H2,1-3H3,(H,23,26)(H,24,27). The van der Waals surface area contributed by atoms with Gasteiger partial charge in [-0.3, -0.25) is 9.59 Å². The second-order valence-electron chi connectivity index (χ2n) is 7.17. The average Bonchev–Trinajstić information content (AvgIpc) is 2.61. The van der Waals surface area contributed by atoms with Gasteiger partial charge in [0, 0.05) is 30.3 Å². The second kappa shape index (κ2) is 8.29. The van der Waals surface area contributed by atoms with Crippen LogP contribution >= 0.6 is 0 Å². The number of carbonyl (C=O) groups is 2. The van der Waals surface area contributed by atoms with E-state index in [2.05, 4.69) is 10.6 Å². The van der Waals surface area contributed by atoms with Crippen LogP contribution in [0.3, 0.4) is 0 Å². The van der Waals surface area contributed by atoms with Crippen LogP contribution in [0.1, 0.15) is 54.3 Å². The van der Waals surface area contributed by atoms with Gasteiger partial charge in [0.05, 0.1) is 0 Å². The Morgan fingerprint density at radius 1 is 1.07 bits per heavy atom. The van der Waals surface area contributed by atoms with Crippen LogP contribution < -0.4 is 10.6 Å². The lowest BCUT2D eigenvalue weighted by Crippen LogP contribution is -2.63. The summed E-state index contributed by atoms with van der Waals surface area (Å²) in [6, 6.07) is 5.58. The summed E-state index contributed by atoms with van der Waals surface area (Å²) in [5, 5.41) is 4.94. The van der Waals surface area contributed by atoms with Crippen LogP contribution in [-0.4, -0.2) is 54.1 Å². The number of hydrogen-bond donors (Lipinski definition) is 2. The van der Waals surface area contributed by atoms with E-state index in [0.29, 0.717) is 12.1 Å². The van der Waals surface area contributed by atoms with Crippen LogP contribution in [0.15, 0.2) is 24.3 Å². The van der Waals surface area contributed by atoms with E-state index in [1.54, 1.807) is 0 Å². The number of hydrogen-bond acceptors (Lipinski definition) is 3. The van der Waals surface area contributed by atoms with Crippen molar-refractivity contribution in [2.24, 2.45) is 0 Å². The fourth-order valence-corrected chi connectivity index (χ4v) is 3.14. The largest absolute Gasteiger partial charge is 0.411 e. The zero-order chi connectivity index (χ0) is 20.2. The molecule has 27 heavy (non-hydrogen) atoms. The third-order valence-corrected chi connectivity index (χ3v) is 4.88. The summed E-state index contributed by atoms with van der Waals surface area (Å²) in [5.41, 5.74) is -1.77. The number of benzene rings is 1. The predicted molar refractivity (Wildman–Crippen MR) is 96.6 cm³/mol. The summed E-state index contributed by atoms with van der Waals surface area (Å²) < 4.78 is 41.1. The van der Waals surface area contributed by atoms with Gasteiger partial charge in [0.25, 0.3) is 11.8 Å². The molecule has 0 saturated carbocycles. The van der Waals surface area contributed by atoms with E-state index >= 15 is 0 Å². The minimum atomic E-state index is -4.53. The van der Waals surface area contributed by atoms with Crippen molar-refractivity contribution >= 4 is 11.8 Å². The molecule has 0 atom stereocenters. The first-order valence-electron chi connectivity index (χ1n) is 9.10. The number of amides is 2. The Morgan fingerprint density at radius 2 is 1.56 bits per heavy atom. The topological polar surface area (TPSA) is 61.4 Å². The van der Waals surface area contributed by atoms with Gasteiger partial charge in [0.2, 0.25) is 0 Å². The summed E-state index contributed by atoms with van der Waals surface area (Å²) >= 11 is 0. The van der Waals surface area contributed by atoms with E-state index in [4.69, 9.17) is 0 Å². The molecule has 8 heteroatoms. The highest BCUT2D eigenvalue weighted by Gasteiger charge is 2.56. The van der Waals surface area contributed by atoms with Gasteiger partial charge in [-0.15, -0.1) is 0 Å². The molecule has 0 aliphatic carbocycles. The second-order valence-corrected chi connectivity index (χ2v) is 7.17. The highest BCUT2D eigenvalue weighted by molar-refractivity contribution is 5.98. The number of likely N-dealkylation sites (tertiary alicyclic amines) is 1. The molecule has 1 aliphatic heterocycles. The van der Waals surface area contributed by atoms with Crippen molar-refractivity contribution in [2.75, 3.05) is 19.6 Å². The first-order chi connectivity index (χ1) is 12.6. The number of carbonyl (C=O) groups excluding carboxylic acids is 2. The summed E-state index contributed by atoms with van der Waals surface area (Å²) in [5.74, 6) is -1.08. The summed E-state index contributed by atoms with van der Waals surface area (Å²) in [6.07, 6.45) is -4.88. The lowest BCUT2D eigenvalue weighted by Gasteiger charge is -2.43. The SMILES string of the molecule is CCN1CCC(NC(=O)c2ccc(C(=O)NC(C)C)cc2)(C(F)(F)F)CC1. The molecular weight excluding hydrogens is 359 g/mol. The van der Waals surface area contributed by atoms with Crippen LogP contribution in [0, 0.1) is 0 Å². The molecule has 2 rings (SSSR count). The molecule has 150 valence electrons. The Morgan fingerprint density at radius 3 is 1.96 bits per heavy atom. The van der Waals surface area contributed by atoms with Gasteiger partial charge >= 0.3 is 6.18 Å². The zero-order valence-corrected chi connectivity index (χ0v) is 15.8. The molecule has 0 aromatic heterocycles. The van der Waals surface area contributed by atoms with Gasteiger partial charge in [-0.25, -0.2) is 0 Å². The third-order valence-electron chi connectivity index (χ3n) is 4.88. The van der Waals surface area contributed by atoms with E-state index in [-0.39, 0.29) is 43.4 Å². The monoisotopic (exact) mass is 385 g/mol. The summed E-state index contributed by atoms with van der Waals surface area (Å²) in [7, 11) is 0. The Balaban J connectivity index is 2.13. The first kappa shape index (κ1) is 21.2. The van der Waals surface area contributed by atoms with Crippen molar-refractivity contribution in [3.8, 4) is 0 Å². The molecule has 1 saturated heterocycles. The number of halogens is 3. The molecule has 0 unspecified atom stereocenters. The van der Waals surface area contributed by atoms with E-state index in [1.165, 1.54) is 24.3 Å². The Hall–Kier alpha value is -2.09. The zero-order valence-electron chi connectivity index (χ0n) is 15.8. The molecule has 0 bridgehead atoms. The molecule has 2 N–H and O–H groups in total. The highest BCUT2D eigenvalue weighted by Crippen LogP contribution is 2.38. The lowest BCUT2D eigenvalue weighted by atomic mass is 9.86. The molecule has 0 spiro atoms. The average molecular weight is 385 g/mol. The minimum Gasteiger partial charge on any atom is -0.350 e. The number of nitrogens with one attached hydrogen (secondary N) is 2. The van der Waals surface area contributed by atoms with Gasteiger partial charge in [0.1, 0.15) is 5.54 Å². The molecule has 0 radical (unpaired) electrons. The number of rotatable bonds is 5. The molecule has 1 aliphatic rings. The van der Waals surface area contributed by atoms with Crippen LogP contribution in [0.5, 0.6) is 0 Å². The number of piperidine rings is 1. The molecule has 1 aromatic carbocycles. The summed E-state index contributed by atoms with van der Waals surface area (Å²) in [4.78, 5) is 26.3. The van der Waals surface area contributed by atoms with Gasteiger partial charge in [-0.2, -0.15) is 13.2 Å². The minimum absolute atomic E-state index is 0.0406. The normalized spacial score (nSPS) is 17.6. The van der Waals surface area contributed by atoms with Gasteiger partial charge in [-0.1, -0.05) is 6.92 Å². The van der Waals surface area contributed by atoms with Crippen molar-refractivity contribution in [3.05, 3.63) is 35.4 Å². The van der Waals surface area contributed by atoms with E-state index in [0.717, 1.165) is 0 Å². The van der Waals surface area contributed by atoms with Crippen LogP contribution in [0.25, 0.3) is 0 Å². The van der Waals surface area contributed by atoms with Gasteiger partial charge in [0.15, 0.2) is 0 Å². The van der Waals surface area contributed by atoms with Crippen molar-refractivity contribution in [1.29, 1.82) is 0 Å². The maximum absolute atomic E-state index is 13.7. The fraction of sp³-hybridized carbons (Fsp3) is 0.579. The van der Waals surface area contributed by atoms with Crippen molar-refractivity contribution in [1.82, 2.24) is 15.5 Å². The molecule has 1 aromatic rings. The molecule has 1 fully saturated rings. The van der Waals surface area contributed by atoms with Crippen molar-refractivity contribution < 1.29 is 22.8 Å². The maximum Gasteiger partial charge on any atom is 0.411 e. The van der Waals surface area contributed by atoms with Crippen LogP contribution in [-0.2, 0) is 0 Å². The van der Waals surface area contributed by atoms with Gasteiger partial charge in [-0.05, 0) is 57.5 Å². The van der Waals surface area contributed by atoms with Crippen LogP contribution in [0.4, 0.5) is 13.2 Å². The van der Waals surface area contributed by atoms with E-state index in [9.17, 15) is 22.8 Å². The van der Waals surface area contributed by atoms with Crippen molar-refractivity contribution in [3.63, 3.8) is 0 Å². The van der Waals surface area contributed by atoms with Gasteiger partial charge < -0.3 is 15.5 Å². The predicted octanol–water partition coefficient (Wildman–Crippen LogP) is 2.97. The fourth-order valence-electron chi connectivity index (χ4n) is 3.14.